The number of hydrogen-bond acceptors (Lipinski definition) is 4. The molecule has 0 saturated carbocycles. The van der Waals surface area contributed by atoms with Gasteiger partial charge in [-0.05, 0) is 37.3 Å². The Hall–Kier alpha value is -2.08. The van der Waals surface area contributed by atoms with Gasteiger partial charge in [-0.2, -0.15) is 5.10 Å². The fraction of sp³-hybridized carbons (Fsp3) is 0.143. The van der Waals surface area contributed by atoms with Gasteiger partial charge in [0.2, 0.25) is 0 Å². The van der Waals surface area contributed by atoms with Gasteiger partial charge in [0.05, 0.1) is 18.9 Å². The van der Waals surface area contributed by atoms with Gasteiger partial charge in [-0.3, -0.25) is 4.79 Å². The van der Waals surface area contributed by atoms with Gasteiger partial charge in [0, 0.05) is 4.47 Å². The van der Waals surface area contributed by atoms with Crippen molar-refractivity contribution in [2.45, 2.75) is 6.92 Å². The Morgan fingerprint density at radius 2 is 2.20 bits per heavy atom. The number of nitrogens with one attached hydrogen (secondary N) is 1. The lowest BCUT2D eigenvalue weighted by Gasteiger charge is -2.07. The Morgan fingerprint density at radius 1 is 1.40 bits per heavy atom. The highest BCUT2D eigenvalue weighted by Gasteiger charge is 2.11. The Balaban J connectivity index is 2.08. The van der Waals surface area contributed by atoms with Crippen LogP contribution in [-0.4, -0.2) is 19.2 Å². The fourth-order valence-electron chi connectivity index (χ4n) is 1.60. The second-order valence-electron chi connectivity index (χ2n) is 3.99. The lowest BCUT2D eigenvalue weighted by molar-refractivity contribution is 0.0952. The molecule has 0 aliphatic carbocycles. The fourth-order valence-corrected chi connectivity index (χ4v) is 1.96. The molecular formula is C14H13BrN2O3. The van der Waals surface area contributed by atoms with E-state index in [2.05, 4.69) is 26.5 Å². The zero-order valence-electron chi connectivity index (χ0n) is 11.0. The molecule has 104 valence electrons. The van der Waals surface area contributed by atoms with E-state index in [-0.39, 0.29) is 5.91 Å². The quantitative estimate of drug-likeness (QED) is 0.689. The SMILES string of the molecule is COc1ccc(Br)cc1C(=O)N/N=C/c1ccc(C)o1. The van der Waals surface area contributed by atoms with Crippen molar-refractivity contribution in [3.63, 3.8) is 0 Å². The molecule has 0 bridgehead atoms. The highest BCUT2D eigenvalue weighted by atomic mass is 79.9. The molecule has 1 heterocycles. The number of ether oxygens (including phenoxy) is 1. The number of hydrogen-bond donors (Lipinski definition) is 1. The van der Waals surface area contributed by atoms with Crippen molar-refractivity contribution in [2.75, 3.05) is 7.11 Å². The average Bonchev–Trinajstić information content (AvgIpc) is 2.84. The zero-order valence-corrected chi connectivity index (χ0v) is 12.6. The summed E-state index contributed by atoms with van der Waals surface area (Å²) in [5.41, 5.74) is 2.83. The van der Waals surface area contributed by atoms with Crippen molar-refractivity contribution in [3.05, 3.63) is 51.9 Å². The number of hydrazone groups is 1. The van der Waals surface area contributed by atoms with E-state index in [0.29, 0.717) is 17.1 Å². The van der Waals surface area contributed by atoms with Crippen LogP contribution in [0.5, 0.6) is 5.75 Å². The lowest BCUT2D eigenvalue weighted by Crippen LogP contribution is -2.18. The molecule has 0 fully saturated rings. The summed E-state index contributed by atoms with van der Waals surface area (Å²) in [7, 11) is 1.51. The summed E-state index contributed by atoms with van der Waals surface area (Å²) in [6.07, 6.45) is 1.44. The minimum atomic E-state index is -0.359. The Kier molecular flexibility index (Phi) is 4.57. The molecule has 1 aromatic carbocycles. The molecule has 0 atom stereocenters. The van der Waals surface area contributed by atoms with Crippen molar-refractivity contribution in [1.82, 2.24) is 5.43 Å². The van der Waals surface area contributed by atoms with Crippen LogP contribution >= 0.6 is 15.9 Å². The molecule has 0 aliphatic heterocycles. The third-order valence-corrected chi connectivity index (χ3v) is 3.02. The first kappa shape index (κ1) is 14.3. The zero-order chi connectivity index (χ0) is 14.5. The number of benzene rings is 1. The van der Waals surface area contributed by atoms with Gasteiger partial charge >= 0.3 is 0 Å². The predicted molar refractivity (Wildman–Crippen MR) is 79.2 cm³/mol. The van der Waals surface area contributed by atoms with Crippen LogP contribution in [0.1, 0.15) is 21.9 Å². The number of furan rings is 1. The van der Waals surface area contributed by atoms with Crippen molar-refractivity contribution < 1.29 is 13.9 Å². The molecule has 1 N–H and O–H groups in total. The van der Waals surface area contributed by atoms with Gasteiger partial charge < -0.3 is 9.15 Å². The summed E-state index contributed by atoms with van der Waals surface area (Å²) in [6, 6.07) is 8.76. The number of methoxy groups -OCH3 is 1. The third-order valence-electron chi connectivity index (χ3n) is 2.53. The molecule has 6 heteroatoms. The smallest absolute Gasteiger partial charge is 0.275 e. The summed E-state index contributed by atoms with van der Waals surface area (Å²) in [4.78, 5) is 12.0. The van der Waals surface area contributed by atoms with Crippen molar-refractivity contribution >= 4 is 28.1 Å². The molecule has 1 aromatic heterocycles. The number of carbonyl (C=O) groups excluding carboxylic acids is 1. The van der Waals surface area contributed by atoms with Crippen LogP contribution in [0.2, 0.25) is 0 Å². The maximum absolute atomic E-state index is 12.0. The summed E-state index contributed by atoms with van der Waals surface area (Å²) in [5, 5.41) is 3.85. The van der Waals surface area contributed by atoms with E-state index in [1.54, 1.807) is 24.3 Å². The first-order chi connectivity index (χ1) is 9.60. The Morgan fingerprint density at radius 3 is 2.85 bits per heavy atom. The summed E-state index contributed by atoms with van der Waals surface area (Å²) in [6.45, 7) is 1.84. The van der Waals surface area contributed by atoms with E-state index in [1.807, 2.05) is 13.0 Å². The standard InChI is InChI=1S/C14H13BrN2O3/c1-9-3-5-11(20-9)8-16-17-14(18)12-7-10(15)4-6-13(12)19-2/h3-8H,1-2H3,(H,17,18)/b16-8+. The average molecular weight is 337 g/mol. The number of halogens is 1. The van der Waals surface area contributed by atoms with Crippen LogP contribution in [0.25, 0.3) is 0 Å². The van der Waals surface area contributed by atoms with Gasteiger partial charge in [-0.1, -0.05) is 15.9 Å². The Labute approximate surface area is 124 Å². The minimum Gasteiger partial charge on any atom is -0.496 e. The molecule has 0 radical (unpaired) electrons. The van der Waals surface area contributed by atoms with Gasteiger partial charge in [0.25, 0.3) is 5.91 Å². The molecule has 5 nitrogen and oxygen atoms in total. The maximum Gasteiger partial charge on any atom is 0.275 e. The molecule has 0 aliphatic rings. The van der Waals surface area contributed by atoms with Crippen LogP contribution < -0.4 is 10.2 Å². The lowest BCUT2D eigenvalue weighted by atomic mass is 10.2. The number of rotatable bonds is 4. The van der Waals surface area contributed by atoms with Crippen molar-refractivity contribution in [1.29, 1.82) is 0 Å². The topological polar surface area (TPSA) is 63.8 Å². The summed E-state index contributed by atoms with van der Waals surface area (Å²) < 4.78 is 11.2. The van der Waals surface area contributed by atoms with Crippen LogP contribution in [0.4, 0.5) is 0 Å². The Bertz CT molecular complexity index is 650. The monoisotopic (exact) mass is 336 g/mol. The molecule has 20 heavy (non-hydrogen) atoms. The number of nitrogens with zero attached hydrogens (tertiary/aromatic N) is 1. The normalized spacial score (nSPS) is 10.8. The number of amides is 1. The predicted octanol–water partition coefficient (Wildman–Crippen LogP) is 3.12. The summed E-state index contributed by atoms with van der Waals surface area (Å²) >= 11 is 3.31. The van der Waals surface area contributed by atoms with Gasteiger partial charge in [-0.15, -0.1) is 0 Å². The second kappa shape index (κ2) is 6.38. The first-order valence-electron chi connectivity index (χ1n) is 5.83. The van der Waals surface area contributed by atoms with E-state index < -0.39 is 0 Å². The molecule has 0 saturated heterocycles. The van der Waals surface area contributed by atoms with E-state index in [0.717, 1.165) is 10.2 Å². The first-order valence-corrected chi connectivity index (χ1v) is 6.63. The van der Waals surface area contributed by atoms with E-state index in [1.165, 1.54) is 13.3 Å². The maximum atomic E-state index is 12.0. The van der Waals surface area contributed by atoms with Crippen LogP contribution in [0.3, 0.4) is 0 Å². The second-order valence-corrected chi connectivity index (χ2v) is 4.91. The molecule has 0 unspecified atom stereocenters. The van der Waals surface area contributed by atoms with Crippen molar-refractivity contribution in [2.24, 2.45) is 5.10 Å². The largest absolute Gasteiger partial charge is 0.496 e. The van der Waals surface area contributed by atoms with Gasteiger partial charge in [0.15, 0.2) is 0 Å². The minimum absolute atomic E-state index is 0.359. The van der Waals surface area contributed by atoms with Crippen molar-refractivity contribution in [3.8, 4) is 5.75 Å². The highest BCUT2D eigenvalue weighted by molar-refractivity contribution is 9.10. The van der Waals surface area contributed by atoms with E-state index >= 15 is 0 Å². The van der Waals surface area contributed by atoms with Crippen LogP contribution in [0.15, 0.2) is 44.3 Å². The molecule has 2 aromatic rings. The molecule has 1 amide bonds. The molecule has 0 spiro atoms. The third kappa shape index (κ3) is 3.48. The van der Waals surface area contributed by atoms with E-state index in [4.69, 9.17) is 9.15 Å². The van der Waals surface area contributed by atoms with Crippen LogP contribution in [-0.2, 0) is 0 Å². The number of aryl methyl sites for hydroxylation is 1. The molecule has 2 rings (SSSR count). The highest BCUT2D eigenvalue weighted by Crippen LogP contribution is 2.22. The van der Waals surface area contributed by atoms with Gasteiger partial charge in [0.1, 0.15) is 17.3 Å². The number of carbonyl (C=O) groups is 1. The van der Waals surface area contributed by atoms with Crippen LogP contribution in [0, 0.1) is 6.92 Å². The van der Waals surface area contributed by atoms with Gasteiger partial charge in [-0.25, -0.2) is 5.43 Å². The summed E-state index contributed by atoms with van der Waals surface area (Å²) in [5.74, 6) is 1.48. The van der Waals surface area contributed by atoms with E-state index in [9.17, 15) is 4.79 Å². The molecular weight excluding hydrogens is 324 g/mol.